The van der Waals surface area contributed by atoms with Crippen molar-refractivity contribution in [3.63, 3.8) is 0 Å². The molecular weight excluding hydrogens is 244 g/mol. The van der Waals surface area contributed by atoms with Gasteiger partial charge in [0.2, 0.25) is 0 Å². The Hall–Kier alpha value is -0.943. The Bertz CT molecular complexity index is 358. The van der Waals surface area contributed by atoms with E-state index in [-0.39, 0.29) is 0 Å². The van der Waals surface area contributed by atoms with Crippen LogP contribution in [0.25, 0.3) is 0 Å². The summed E-state index contributed by atoms with van der Waals surface area (Å²) < 4.78 is 7.55. The first-order chi connectivity index (χ1) is 8.53. The number of nitrogens with zero attached hydrogens (tertiary/aromatic N) is 2. The molecule has 0 amide bonds. The molecule has 0 N–H and O–H groups in total. The predicted octanol–water partition coefficient (Wildman–Crippen LogP) is 2.72. The van der Waals surface area contributed by atoms with Gasteiger partial charge in [0, 0.05) is 33.0 Å². The Labute approximate surface area is 110 Å². The summed E-state index contributed by atoms with van der Waals surface area (Å²) in [5, 5.41) is 4.24. The van der Waals surface area contributed by atoms with Gasteiger partial charge in [-0.05, 0) is 25.0 Å². The molecular formula is C13H24N2O2Si. The second kappa shape index (κ2) is 7.48. The molecule has 0 radical (unpaired) electrons. The minimum Gasteiger partial charge on any atom is -0.360 e. The fourth-order valence-corrected chi connectivity index (χ4v) is 2.34. The number of unbranched alkanes of at least 4 members (excludes halogenated alkanes) is 1. The van der Waals surface area contributed by atoms with Crippen LogP contribution in [0, 0.1) is 0 Å². The zero-order chi connectivity index (χ0) is 13.4. The number of hydrogen-bond donors (Lipinski definition) is 0. The van der Waals surface area contributed by atoms with Crippen LogP contribution in [0.3, 0.4) is 0 Å². The molecule has 0 unspecified atom stereocenters. The molecule has 0 saturated heterocycles. The van der Waals surface area contributed by atoms with Gasteiger partial charge in [0.05, 0.1) is 0 Å². The molecule has 1 aromatic heterocycles. The third-order valence-corrected chi connectivity index (χ3v) is 4.47. The summed E-state index contributed by atoms with van der Waals surface area (Å²) in [6, 6.07) is 3.17. The number of aldehydes is 1. The standard InChI is InChI=1S/C13H24N2O2Si/c1-18(2,3)11-10-17-12-15-13(7-8-14-15)6-4-5-9-16/h7-9H,4-6,10-12H2,1-3H3. The van der Waals surface area contributed by atoms with Crippen LogP contribution in [-0.2, 0) is 22.7 Å². The lowest BCUT2D eigenvalue weighted by atomic mass is 10.2. The SMILES string of the molecule is C[Si](C)(C)CCOCn1nccc1CCCC=O. The van der Waals surface area contributed by atoms with Gasteiger partial charge in [-0.1, -0.05) is 19.6 Å². The first kappa shape index (κ1) is 15.1. The van der Waals surface area contributed by atoms with Crippen molar-refractivity contribution in [1.29, 1.82) is 0 Å². The predicted molar refractivity (Wildman–Crippen MR) is 75.3 cm³/mol. The summed E-state index contributed by atoms with van der Waals surface area (Å²) in [6.07, 6.45) is 5.13. The molecule has 4 nitrogen and oxygen atoms in total. The summed E-state index contributed by atoms with van der Waals surface area (Å²) in [5.74, 6) is 0. The second-order valence-corrected chi connectivity index (χ2v) is 11.4. The van der Waals surface area contributed by atoms with Gasteiger partial charge >= 0.3 is 0 Å². The zero-order valence-electron chi connectivity index (χ0n) is 11.7. The summed E-state index contributed by atoms with van der Waals surface area (Å²) in [4.78, 5) is 10.3. The summed E-state index contributed by atoms with van der Waals surface area (Å²) >= 11 is 0. The third kappa shape index (κ3) is 6.12. The number of aryl methyl sites for hydroxylation is 1. The second-order valence-electron chi connectivity index (χ2n) is 5.73. The van der Waals surface area contributed by atoms with E-state index < -0.39 is 8.07 Å². The number of hydrogen-bond acceptors (Lipinski definition) is 3. The lowest BCUT2D eigenvalue weighted by Crippen LogP contribution is -2.22. The van der Waals surface area contributed by atoms with E-state index in [0.717, 1.165) is 31.4 Å². The molecule has 5 heteroatoms. The van der Waals surface area contributed by atoms with Crippen molar-refractivity contribution in [2.75, 3.05) is 6.61 Å². The van der Waals surface area contributed by atoms with Gasteiger partial charge in [-0.15, -0.1) is 0 Å². The van der Waals surface area contributed by atoms with Crippen molar-refractivity contribution in [3.8, 4) is 0 Å². The zero-order valence-corrected chi connectivity index (χ0v) is 12.7. The van der Waals surface area contributed by atoms with E-state index in [0.29, 0.717) is 13.2 Å². The van der Waals surface area contributed by atoms with E-state index in [1.807, 2.05) is 10.7 Å². The fraction of sp³-hybridized carbons (Fsp3) is 0.692. The first-order valence-electron chi connectivity index (χ1n) is 6.55. The molecule has 0 aliphatic rings. The quantitative estimate of drug-likeness (QED) is 0.393. The van der Waals surface area contributed by atoms with Crippen LogP contribution in [-0.4, -0.2) is 30.7 Å². The van der Waals surface area contributed by atoms with Crippen LogP contribution in [0.15, 0.2) is 12.3 Å². The maximum Gasteiger partial charge on any atom is 0.139 e. The molecule has 0 atom stereocenters. The molecule has 1 rings (SSSR count). The van der Waals surface area contributed by atoms with E-state index in [9.17, 15) is 4.79 Å². The van der Waals surface area contributed by atoms with Crippen LogP contribution in [0.1, 0.15) is 18.5 Å². The Morgan fingerprint density at radius 3 is 2.89 bits per heavy atom. The van der Waals surface area contributed by atoms with E-state index >= 15 is 0 Å². The molecule has 0 aliphatic heterocycles. The molecule has 0 fully saturated rings. The van der Waals surface area contributed by atoms with Gasteiger partial charge in [-0.3, -0.25) is 0 Å². The van der Waals surface area contributed by atoms with Gasteiger partial charge in [0.1, 0.15) is 13.0 Å². The molecule has 0 aliphatic carbocycles. The normalized spacial score (nSPS) is 11.7. The van der Waals surface area contributed by atoms with Gasteiger partial charge in [-0.25, -0.2) is 4.68 Å². The Morgan fingerprint density at radius 1 is 1.44 bits per heavy atom. The van der Waals surface area contributed by atoms with Gasteiger partial charge in [0.25, 0.3) is 0 Å². The Balaban J connectivity index is 2.29. The van der Waals surface area contributed by atoms with E-state index in [1.54, 1.807) is 6.20 Å². The highest BCUT2D eigenvalue weighted by Crippen LogP contribution is 2.09. The highest BCUT2D eigenvalue weighted by Gasteiger charge is 2.12. The fourth-order valence-electron chi connectivity index (χ4n) is 1.58. The summed E-state index contributed by atoms with van der Waals surface area (Å²) in [6.45, 7) is 8.36. The van der Waals surface area contributed by atoms with Gasteiger partial charge in [-0.2, -0.15) is 5.10 Å². The number of ether oxygens (including phenoxy) is 1. The highest BCUT2D eigenvalue weighted by atomic mass is 28.3. The highest BCUT2D eigenvalue weighted by molar-refractivity contribution is 6.76. The third-order valence-electron chi connectivity index (χ3n) is 2.77. The number of carbonyl (C=O) groups is 1. The average molecular weight is 268 g/mol. The molecule has 18 heavy (non-hydrogen) atoms. The van der Waals surface area contributed by atoms with Gasteiger partial charge < -0.3 is 9.53 Å². The largest absolute Gasteiger partial charge is 0.360 e. The Morgan fingerprint density at radius 2 is 2.22 bits per heavy atom. The molecule has 102 valence electrons. The molecule has 0 saturated carbocycles. The number of rotatable bonds is 9. The Kier molecular flexibility index (Phi) is 6.28. The minimum absolute atomic E-state index is 0.522. The van der Waals surface area contributed by atoms with Crippen molar-refractivity contribution < 1.29 is 9.53 Å². The maximum absolute atomic E-state index is 10.3. The molecule has 0 bridgehead atoms. The molecule has 0 aromatic carbocycles. The van der Waals surface area contributed by atoms with Crippen LogP contribution >= 0.6 is 0 Å². The first-order valence-corrected chi connectivity index (χ1v) is 10.3. The van der Waals surface area contributed by atoms with Crippen LogP contribution in [0.4, 0.5) is 0 Å². The van der Waals surface area contributed by atoms with E-state index in [4.69, 9.17) is 4.74 Å². The van der Waals surface area contributed by atoms with Crippen molar-refractivity contribution in [3.05, 3.63) is 18.0 Å². The lowest BCUT2D eigenvalue weighted by molar-refractivity contribution is -0.107. The van der Waals surface area contributed by atoms with Crippen molar-refractivity contribution in [2.45, 2.75) is 51.7 Å². The topological polar surface area (TPSA) is 44.1 Å². The summed E-state index contributed by atoms with van der Waals surface area (Å²) in [7, 11) is -1.01. The van der Waals surface area contributed by atoms with Crippen molar-refractivity contribution >= 4 is 14.4 Å². The number of aromatic nitrogens is 2. The average Bonchev–Trinajstić information content (AvgIpc) is 2.71. The smallest absolute Gasteiger partial charge is 0.139 e. The van der Waals surface area contributed by atoms with E-state index in [2.05, 4.69) is 24.7 Å². The molecule has 1 heterocycles. The maximum atomic E-state index is 10.3. The van der Waals surface area contributed by atoms with Crippen molar-refractivity contribution in [2.24, 2.45) is 0 Å². The van der Waals surface area contributed by atoms with Gasteiger partial charge in [0.15, 0.2) is 0 Å². The number of carbonyl (C=O) groups excluding carboxylic acids is 1. The van der Waals surface area contributed by atoms with Crippen LogP contribution < -0.4 is 0 Å². The van der Waals surface area contributed by atoms with Crippen LogP contribution in [0.5, 0.6) is 0 Å². The summed E-state index contributed by atoms with van der Waals surface area (Å²) in [5.41, 5.74) is 1.14. The van der Waals surface area contributed by atoms with Crippen LogP contribution in [0.2, 0.25) is 25.7 Å². The lowest BCUT2D eigenvalue weighted by Gasteiger charge is -2.15. The molecule has 1 aromatic rings. The molecule has 0 spiro atoms. The van der Waals surface area contributed by atoms with E-state index in [1.165, 1.54) is 6.04 Å². The van der Waals surface area contributed by atoms with Crippen molar-refractivity contribution in [1.82, 2.24) is 9.78 Å². The monoisotopic (exact) mass is 268 g/mol. The minimum atomic E-state index is -1.01.